The van der Waals surface area contributed by atoms with Gasteiger partial charge in [0.05, 0.1) is 0 Å². The molecule has 0 saturated heterocycles. The lowest BCUT2D eigenvalue weighted by atomic mass is 10.1. The molecular weight excluding hydrogens is 348 g/mol. The molecule has 148 valence electrons. The van der Waals surface area contributed by atoms with E-state index >= 15 is 0 Å². The highest BCUT2D eigenvalue weighted by atomic mass is 16.6. The van der Waals surface area contributed by atoms with Gasteiger partial charge in [-0.05, 0) is 33.3 Å². The van der Waals surface area contributed by atoms with Crippen LogP contribution in [0.3, 0.4) is 0 Å². The van der Waals surface area contributed by atoms with E-state index < -0.39 is 29.6 Å². The van der Waals surface area contributed by atoms with Gasteiger partial charge in [0, 0.05) is 6.42 Å². The minimum Gasteiger partial charge on any atom is -0.460 e. The van der Waals surface area contributed by atoms with Gasteiger partial charge in [-0.2, -0.15) is 0 Å². The third-order valence-electron chi connectivity index (χ3n) is 3.27. The second-order valence-corrected chi connectivity index (χ2v) is 6.86. The molecule has 0 spiro atoms. The fourth-order valence-electron chi connectivity index (χ4n) is 2.08. The maximum atomic E-state index is 12.5. The van der Waals surface area contributed by atoms with Crippen LogP contribution in [0.4, 0.5) is 4.79 Å². The maximum absolute atomic E-state index is 12.5. The van der Waals surface area contributed by atoms with Crippen molar-refractivity contribution in [1.29, 1.82) is 0 Å². The number of rotatable bonds is 8. The maximum Gasteiger partial charge on any atom is 0.408 e. The van der Waals surface area contributed by atoms with E-state index in [1.807, 2.05) is 37.3 Å². The fraction of sp³-hybridized carbons (Fsp3) is 0.450. The monoisotopic (exact) mass is 376 g/mol. The third-order valence-corrected chi connectivity index (χ3v) is 3.27. The summed E-state index contributed by atoms with van der Waals surface area (Å²) in [6, 6.07) is 8.36. The second kappa shape index (κ2) is 11.0. The molecule has 7 nitrogen and oxygen atoms in total. The molecule has 2 amide bonds. The second-order valence-electron chi connectivity index (χ2n) is 6.86. The van der Waals surface area contributed by atoms with Crippen LogP contribution in [-0.4, -0.2) is 42.8 Å². The first-order valence-electron chi connectivity index (χ1n) is 8.79. The molecule has 0 aliphatic rings. The molecule has 0 radical (unpaired) electrons. The van der Waals surface area contributed by atoms with E-state index in [0.717, 1.165) is 5.56 Å². The molecule has 0 unspecified atom stereocenters. The van der Waals surface area contributed by atoms with Gasteiger partial charge >= 0.3 is 12.1 Å². The van der Waals surface area contributed by atoms with Crippen molar-refractivity contribution in [1.82, 2.24) is 10.6 Å². The summed E-state index contributed by atoms with van der Waals surface area (Å²) in [5.74, 6) is -1.05. The van der Waals surface area contributed by atoms with E-state index in [-0.39, 0.29) is 19.6 Å². The van der Waals surface area contributed by atoms with Crippen LogP contribution < -0.4 is 10.6 Å². The van der Waals surface area contributed by atoms with Crippen molar-refractivity contribution in [2.45, 2.75) is 45.8 Å². The summed E-state index contributed by atoms with van der Waals surface area (Å²) < 4.78 is 10.1. The van der Waals surface area contributed by atoms with Gasteiger partial charge in [0.2, 0.25) is 5.91 Å². The molecule has 7 heteroatoms. The molecule has 1 atom stereocenters. The number of carbonyl (C=O) groups excluding carboxylic acids is 3. The predicted octanol–water partition coefficient (Wildman–Crippen LogP) is 2.36. The van der Waals surface area contributed by atoms with E-state index in [0.29, 0.717) is 0 Å². The zero-order valence-electron chi connectivity index (χ0n) is 16.3. The van der Waals surface area contributed by atoms with Gasteiger partial charge in [-0.3, -0.25) is 9.59 Å². The van der Waals surface area contributed by atoms with Gasteiger partial charge in [0.1, 0.15) is 24.8 Å². The Morgan fingerprint density at radius 2 is 1.81 bits per heavy atom. The van der Waals surface area contributed by atoms with Gasteiger partial charge in [0.15, 0.2) is 0 Å². The topological polar surface area (TPSA) is 93.7 Å². The number of amides is 2. The Labute approximate surface area is 160 Å². The molecule has 1 aromatic rings. The van der Waals surface area contributed by atoms with Crippen LogP contribution in [0.25, 0.3) is 0 Å². The summed E-state index contributed by atoms with van der Waals surface area (Å²) in [7, 11) is 0. The first kappa shape index (κ1) is 22.2. The van der Waals surface area contributed by atoms with E-state index in [2.05, 4.69) is 10.6 Å². The van der Waals surface area contributed by atoms with E-state index in [9.17, 15) is 14.4 Å². The van der Waals surface area contributed by atoms with Crippen LogP contribution in [0.5, 0.6) is 0 Å². The summed E-state index contributed by atoms with van der Waals surface area (Å²) in [4.78, 5) is 36.2. The van der Waals surface area contributed by atoms with E-state index in [1.165, 1.54) is 0 Å². The quantitative estimate of drug-likeness (QED) is 0.537. The van der Waals surface area contributed by atoms with Gasteiger partial charge in [-0.15, -0.1) is 0 Å². The zero-order valence-corrected chi connectivity index (χ0v) is 16.3. The number of esters is 1. The molecule has 27 heavy (non-hydrogen) atoms. The van der Waals surface area contributed by atoms with Crippen molar-refractivity contribution in [2.75, 3.05) is 13.2 Å². The van der Waals surface area contributed by atoms with Crippen LogP contribution >= 0.6 is 0 Å². The van der Waals surface area contributed by atoms with Crippen LogP contribution in [0, 0.1) is 0 Å². The third kappa shape index (κ3) is 10.0. The van der Waals surface area contributed by atoms with E-state index in [4.69, 9.17) is 9.47 Å². The summed E-state index contributed by atoms with van der Waals surface area (Å²) in [6.45, 7) is 6.89. The normalized spacial score (nSPS) is 12.3. The SMILES string of the molecule is C/C=C/COC(=O)CNC(=O)[C@H](Cc1ccccc1)NC(=O)OC(C)(C)C. The smallest absolute Gasteiger partial charge is 0.408 e. The van der Waals surface area contributed by atoms with Crippen molar-refractivity contribution in [3.8, 4) is 0 Å². The Morgan fingerprint density at radius 3 is 2.41 bits per heavy atom. The Balaban J connectivity index is 2.69. The lowest BCUT2D eigenvalue weighted by Crippen LogP contribution is -2.50. The molecular formula is C20H28N2O5. The van der Waals surface area contributed by atoms with Gasteiger partial charge in [0.25, 0.3) is 0 Å². The molecule has 0 aromatic heterocycles. The molecule has 1 rings (SSSR count). The number of alkyl carbamates (subject to hydrolysis) is 1. The van der Waals surface area contributed by atoms with Crippen LogP contribution in [0.15, 0.2) is 42.5 Å². The first-order valence-corrected chi connectivity index (χ1v) is 8.79. The first-order chi connectivity index (χ1) is 12.7. The Morgan fingerprint density at radius 1 is 1.15 bits per heavy atom. The average Bonchev–Trinajstić information content (AvgIpc) is 2.58. The highest BCUT2D eigenvalue weighted by Gasteiger charge is 2.25. The standard InChI is InChI=1S/C20H28N2O5/c1-5-6-12-26-17(23)14-21-18(24)16(13-15-10-8-7-9-11-15)22-19(25)27-20(2,3)4/h5-11,16H,12-14H2,1-4H3,(H,21,24)(H,22,25)/b6-5+/t16-/m0/s1. The Kier molecular flexibility index (Phi) is 9.05. The molecule has 2 N–H and O–H groups in total. The highest BCUT2D eigenvalue weighted by molar-refractivity contribution is 5.88. The minimum absolute atomic E-state index is 0.148. The Bertz CT molecular complexity index is 650. The van der Waals surface area contributed by atoms with Crippen LogP contribution in [0.1, 0.15) is 33.3 Å². The highest BCUT2D eigenvalue weighted by Crippen LogP contribution is 2.08. The number of benzene rings is 1. The molecule has 0 bridgehead atoms. The summed E-state index contributed by atoms with van der Waals surface area (Å²) in [6.07, 6.45) is 3.00. The number of allylic oxidation sites excluding steroid dienone is 1. The molecule has 0 aliphatic heterocycles. The van der Waals surface area contributed by atoms with Crippen molar-refractivity contribution in [3.63, 3.8) is 0 Å². The zero-order chi connectivity index (χ0) is 20.3. The molecule has 0 aliphatic carbocycles. The number of hydrogen-bond donors (Lipinski definition) is 2. The Hall–Kier alpha value is -2.83. The van der Waals surface area contributed by atoms with Crippen molar-refractivity contribution in [3.05, 3.63) is 48.0 Å². The number of carbonyl (C=O) groups is 3. The fourth-order valence-corrected chi connectivity index (χ4v) is 2.08. The molecule has 0 heterocycles. The largest absolute Gasteiger partial charge is 0.460 e. The van der Waals surface area contributed by atoms with Gasteiger partial charge in [-0.25, -0.2) is 4.79 Å². The number of ether oxygens (including phenoxy) is 2. The molecule has 0 saturated carbocycles. The number of nitrogens with one attached hydrogen (secondary N) is 2. The summed E-state index contributed by atoms with van der Waals surface area (Å²) >= 11 is 0. The van der Waals surface area contributed by atoms with Crippen molar-refractivity contribution >= 4 is 18.0 Å². The van der Waals surface area contributed by atoms with Gasteiger partial charge in [-0.1, -0.05) is 42.5 Å². The predicted molar refractivity (Wildman–Crippen MR) is 102 cm³/mol. The lowest BCUT2D eigenvalue weighted by molar-refractivity contribution is -0.142. The lowest BCUT2D eigenvalue weighted by Gasteiger charge is -2.23. The molecule has 1 aromatic carbocycles. The van der Waals surface area contributed by atoms with E-state index in [1.54, 1.807) is 32.9 Å². The van der Waals surface area contributed by atoms with Gasteiger partial charge < -0.3 is 20.1 Å². The summed E-state index contributed by atoms with van der Waals surface area (Å²) in [5, 5.41) is 5.05. The average molecular weight is 376 g/mol. The van der Waals surface area contributed by atoms with Crippen molar-refractivity contribution in [2.24, 2.45) is 0 Å². The molecule has 0 fully saturated rings. The van der Waals surface area contributed by atoms with Crippen LogP contribution in [0.2, 0.25) is 0 Å². The number of hydrogen-bond acceptors (Lipinski definition) is 5. The summed E-state index contributed by atoms with van der Waals surface area (Å²) in [5.41, 5.74) is 0.179. The van der Waals surface area contributed by atoms with Crippen LogP contribution in [-0.2, 0) is 25.5 Å². The van der Waals surface area contributed by atoms with Crippen molar-refractivity contribution < 1.29 is 23.9 Å². The minimum atomic E-state index is -0.884.